The maximum absolute atomic E-state index is 5.47. The van der Waals surface area contributed by atoms with Gasteiger partial charge in [0, 0.05) is 16.7 Å². The van der Waals surface area contributed by atoms with E-state index in [4.69, 9.17) is 14.5 Å². The molecule has 0 saturated heterocycles. The summed E-state index contributed by atoms with van der Waals surface area (Å²) in [6.45, 7) is 2.65. The number of benzene rings is 2. The highest BCUT2D eigenvalue weighted by molar-refractivity contribution is 7.15. The van der Waals surface area contributed by atoms with E-state index in [1.807, 2.05) is 43.5 Å². The van der Waals surface area contributed by atoms with Gasteiger partial charge in [-0.1, -0.05) is 17.4 Å². The molecule has 0 amide bonds. The molecule has 0 fully saturated rings. The predicted molar refractivity (Wildman–Crippen MR) is 106 cm³/mol. The van der Waals surface area contributed by atoms with E-state index in [0.29, 0.717) is 6.61 Å². The number of ether oxygens (including phenoxy) is 2. The number of aliphatic imine (C=N–C) groups is 1. The van der Waals surface area contributed by atoms with Crippen LogP contribution in [0.2, 0.25) is 0 Å². The zero-order valence-corrected chi connectivity index (χ0v) is 15.7. The van der Waals surface area contributed by atoms with Gasteiger partial charge in [-0.25, -0.2) is 9.98 Å². The van der Waals surface area contributed by atoms with Crippen molar-refractivity contribution in [3.05, 3.63) is 58.5 Å². The van der Waals surface area contributed by atoms with Gasteiger partial charge in [0.1, 0.15) is 11.5 Å². The fourth-order valence-electron chi connectivity index (χ4n) is 3.09. The summed E-state index contributed by atoms with van der Waals surface area (Å²) in [5, 5.41) is 0.791. The average Bonchev–Trinajstić information content (AvgIpc) is 3.11. The van der Waals surface area contributed by atoms with E-state index >= 15 is 0 Å². The lowest BCUT2D eigenvalue weighted by molar-refractivity contribution is 0.340. The van der Waals surface area contributed by atoms with Crippen LogP contribution in [0.4, 0.5) is 5.13 Å². The number of rotatable bonds is 5. The molecule has 26 heavy (non-hydrogen) atoms. The van der Waals surface area contributed by atoms with E-state index in [1.54, 1.807) is 18.4 Å². The number of thiazole rings is 1. The van der Waals surface area contributed by atoms with E-state index in [1.165, 1.54) is 16.0 Å². The quantitative estimate of drug-likeness (QED) is 0.594. The Morgan fingerprint density at radius 1 is 1.12 bits per heavy atom. The normalized spacial score (nSPS) is 12.7. The molecule has 1 aliphatic rings. The van der Waals surface area contributed by atoms with Gasteiger partial charge in [-0.2, -0.15) is 0 Å². The SMILES string of the molecule is CCOc1ccc(C=Nc2nc3c(s2)CCc2ccc(OC)cc2-3)cc1. The molecule has 5 heteroatoms. The highest BCUT2D eigenvalue weighted by atomic mass is 32.1. The first kappa shape index (κ1) is 16.8. The average molecular weight is 364 g/mol. The summed E-state index contributed by atoms with van der Waals surface area (Å²) in [6, 6.07) is 14.2. The molecule has 0 spiro atoms. The van der Waals surface area contributed by atoms with Gasteiger partial charge in [-0.05, 0) is 67.3 Å². The number of fused-ring (bicyclic) bond motifs is 3. The molecule has 0 saturated carbocycles. The van der Waals surface area contributed by atoms with Crippen molar-refractivity contribution in [1.82, 2.24) is 4.98 Å². The third-order valence-corrected chi connectivity index (χ3v) is 5.42. The molecule has 2 aromatic carbocycles. The molecule has 0 aliphatic heterocycles. The van der Waals surface area contributed by atoms with Crippen LogP contribution in [0.1, 0.15) is 22.9 Å². The van der Waals surface area contributed by atoms with Crippen LogP contribution < -0.4 is 9.47 Å². The first-order valence-electron chi connectivity index (χ1n) is 8.70. The van der Waals surface area contributed by atoms with Crippen molar-refractivity contribution in [1.29, 1.82) is 0 Å². The van der Waals surface area contributed by atoms with Crippen molar-refractivity contribution < 1.29 is 9.47 Å². The topological polar surface area (TPSA) is 43.7 Å². The second-order valence-corrected chi connectivity index (χ2v) is 7.11. The van der Waals surface area contributed by atoms with Crippen LogP contribution in [0.5, 0.6) is 11.5 Å². The largest absolute Gasteiger partial charge is 0.497 e. The predicted octanol–water partition coefficient (Wildman–Crippen LogP) is 5.07. The molecule has 0 radical (unpaired) electrons. The fraction of sp³-hybridized carbons (Fsp3) is 0.238. The van der Waals surface area contributed by atoms with Crippen molar-refractivity contribution in [3.63, 3.8) is 0 Å². The Morgan fingerprint density at radius 3 is 2.69 bits per heavy atom. The Balaban J connectivity index is 1.59. The van der Waals surface area contributed by atoms with Crippen LogP contribution in [-0.2, 0) is 12.8 Å². The maximum Gasteiger partial charge on any atom is 0.209 e. The smallest absolute Gasteiger partial charge is 0.209 e. The Morgan fingerprint density at radius 2 is 1.92 bits per heavy atom. The molecular weight excluding hydrogens is 344 g/mol. The van der Waals surface area contributed by atoms with Gasteiger partial charge in [0.15, 0.2) is 0 Å². The molecule has 4 rings (SSSR count). The summed E-state index contributed by atoms with van der Waals surface area (Å²) < 4.78 is 10.8. The van der Waals surface area contributed by atoms with Gasteiger partial charge in [0.25, 0.3) is 0 Å². The van der Waals surface area contributed by atoms with Crippen molar-refractivity contribution in [2.45, 2.75) is 19.8 Å². The number of aryl methyl sites for hydroxylation is 2. The van der Waals surface area contributed by atoms with Crippen molar-refractivity contribution in [2.24, 2.45) is 4.99 Å². The van der Waals surface area contributed by atoms with Gasteiger partial charge in [0.05, 0.1) is 19.4 Å². The third-order valence-electron chi connectivity index (χ3n) is 4.39. The lowest BCUT2D eigenvalue weighted by Gasteiger charge is -2.15. The standard InChI is InChI=1S/C21H20N2O2S/c1-3-25-16-8-4-14(5-9-16)13-22-21-23-20-18-12-17(24-2)10-6-15(18)7-11-19(20)26-21/h4-6,8-10,12-13H,3,7,11H2,1-2H3. The number of hydrogen-bond donors (Lipinski definition) is 0. The first-order valence-corrected chi connectivity index (χ1v) is 9.52. The molecule has 1 heterocycles. The fourth-order valence-corrected chi connectivity index (χ4v) is 4.01. The summed E-state index contributed by atoms with van der Waals surface area (Å²) in [7, 11) is 1.69. The van der Waals surface area contributed by atoms with Gasteiger partial charge in [0.2, 0.25) is 5.13 Å². The minimum Gasteiger partial charge on any atom is -0.497 e. The first-order chi connectivity index (χ1) is 12.8. The zero-order valence-electron chi connectivity index (χ0n) is 14.9. The van der Waals surface area contributed by atoms with Crippen LogP contribution in [-0.4, -0.2) is 24.9 Å². The second kappa shape index (κ2) is 7.30. The van der Waals surface area contributed by atoms with Crippen LogP contribution in [0, 0.1) is 0 Å². The Kier molecular flexibility index (Phi) is 4.71. The highest BCUT2D eigenvalue weighted by Gasteiger charge is 2.21. The zero-order chi connectivity index (χ0) is 17.9. The lowest BCUT2D eigenvalue weighted by Crippen LogP contribution is -2.02. The molecule has 4 nitrogen and oxygen atoms in total. The summed E-state index contributed by atoms with van der Waals surface area (Å²) >= 11 is 1.67. The van der Waals surface area contributed by atoms with E-state index in [0.717, 1.165) is 40.7 Å². The van der Waals surface area contributed by atoms with E-state index in [-0.39, 0.29) is 0 Å². The third kappa shape index (κ3) is 3.35. The van der Waals surface area contributed by atoms with Crippen molar-refractivity contribution in [2.75, 3.05) is 13.7 Å². The van der Waals surface area contributed by atoms with Crippen LogP contribution in [0.15, 0.2) is 47.5 Å². The minimum absolute atomic E-state index is 0.671. The highest BCUT2D eigenvalue weighted by Crippen LogP contribution is 2.40. The molecule has 1 aliphatic carbocycles. The monoisotopic (exact) mass is 364 g/mol. The molecule has 0 bridgehead atoms. The molecule has 3 aromatic rings. The van der Waals surface area contributed by atoms with E-state index in [2.05, 4.69) is 17.1 Å². The van der Waals surface area contributed by atoms with Gasteiger partial charge >= 0.3 is 0 Å². The second-order valence-electron chi connectivity index (χ2n) is 6.05. The Labute approximate surface area is 157 Å². The number of nitrogens with zero attached hydrogens (tertiary/aromatic N) is 2. The van der Waals surface area contributed by atoms with Crippen LogP contribution in [0.3, 0.4) is 0 Å². The van der Waals surface area contributed by atoms with E-state index in [9.17, 15) is 0 Å². The minimum atomic E-state index is 0.671. The summed E-state index contributed by atoms with van der Waals surface area (Å²) in [5.41, 5.74) is 4.58. The lowest BCUT2D eigenvalue weighted by atomic mass is 9.93. The molecule has 132 valence electrons. The summed E-state index contributed by atoms with van der Waals surface area (Å²) in [5.74, 6) is 1.74. The van der Waals surface area contributed by atoms with Gasteiger partial charge in [-0.3, -0.25) is 0 Å². The number of aromatic nitrogens is 1. The number of hydrogen-bond acceptors (Lipinski definition) is 5. The summed E-state index contributed by atoms with van der Waals surface area (Å²) in [6.07, 6.45) is 3.91. The summed E-state index contributed by atoms with van der Waals surface area (Å²) in [4.78, 5) is 10.6. The molecule has 1 aromatic heterocycles. The molecule has 0 unspecified atom stereocenters. The molecule has 0 N–H and O–H groups in total. The van der Waals surface area contributed by atoms with Crippen LogP contribution >= 0.6 is 11.3 Å². The van der Waals surface area contributed by atoms with Crippen molar-refractivity contribution >= 4 is 22.7 Å². The van der Waals surface area contributed by atoms with Gasteiger partial charge < -0.3 is 9.47 Å². The maximum atomic E-state index is 5.47. The number of methoxy groups -OCH3 is 1. The van der Waals surface area contributed by atoms with Gasteiger partial charge in [-0.15, -0.1) is 0 Å². The molecule has 0 atom stereocenters. The molecular formula is C21H20N2O2S. The Bertz CT molecular complexity index is 945. The van der Waals surface area contributed by atoms with Crippen LogP contribution in [0.25, 0.3) is 11.3 Å². The van der Waals surface area contributed by atoms with Crippen molar-refractivity contribution in [3.8, 4) is 22.8 Å². The Hall–Kier alpha value is -2.66. The van der Waals surface area contributed by atoms with E-state index < -0.39 is 0 Å².